The van der Waals surface area contributed by atoms with E-state index in [2.05, 4.69) is 0 Å². The summed E-state index contributed by atoms with van der Waals surface area (Å²) < 4.78 is 45.3. The van der Waals surface area contributed by atoms with Crippen molar-refractivity contribution in [3.63, 3.8) is 0 Å². The van der Waals surface area contributed by atoms with Crippen molar-refractivity contribution in [1.82, 2.24) is 0 Å². The molecule has 8 heteroatoms. The predicted octanol–water partition coefficient (Wildman–Crippen LogP) is 7.49. The molecule has 0 unspecified atom stereocenters. The number of carbonyl (C=O) groups excluding carboxylic acids is 1. The fourth-order valence-corrected chi connectivity index (χ4v) is 5.99. The van der Waals surface area contributed by atoms with Crippen LogP contribution in [0.1, 0.15) is 27.8 Å². The summed E-state index contributed by atoms with van der Waals surface area (Å²) in [5.41, 5.74) is 4.98. The van der Waals surface area contributed by atoms with Gasteiger partial charge in [-0.25, -0.2) is 0 Å². The Labute approximate surface area is 306 Å². The molecule has 1 aliphatic rings. The minimum absolute atomic E-state index is 0.212. The molecule has 270 valence electrons. The molecular formula is C44H46O8. The van der Waals surface area contributed by atoms with Gasteiger partial charge in [-0.2, -0.15) is 0 Å². The van der Waals surface area contributed by atoms with Crippen LogP contribution in [0.5, 0.6) is 0 Å². The zero-order valence-electron chi connectivity index (χ0n) is 29.2. The minimum Gasteiger partial charge on any atom is -0.374 e. The van der Waals surface area contributed by atoms with Gasteiger partial charge in [0.05, 0.1) is 46.2 Å². The van der Waals surface area contributed by atoms with Crippen LogP contribution in [0.4, 0.5) is 0 Å². The van der Waals surface area contributed by atoms with Crippen LogP contribution in [0.3, 0.4) is 0 Å². The maximum Gasteiger partial charge on any atom is 0.187 e. The van der Waals surface area contributed by atoms with E-state index in [1.54, 1.807) is 0 Å². The largest absolute Gasteiger partial charge is 0.374 e. The molecule has 0 aliphatic carbocycles. The lowest BCUT2D eigenvalue weighted by atomic mass is 9.98. The van der Waals surface area contributed by atoms with Gasteiger partial charge in [0.2, 0.25) is 0 Å². The number of ether oxygens (including phenoxy) is 7. The number of hydrogen-bond donors (Lipinski definition) is 0. The highest BCUT2D eigenvalue weighted by Crippen LogP contribution is 2.31. The van der Waals surface area contributed by atoms with Crippen LogP contribution in [0.2, 0.25) is 0 Å². The molecule has 0 spiro atoms. The maximum atomic E-state index is 12.8. The van der Waals surface area contributed by atoms with Crippen LogP contribution in [0, 0.1) is 0 Å². The predicted molar refractivity (Wildman–Crippen MR) is 197 cm³/mol. The molecule has 1 heterocycles. The average Bonchev–Trinajstić information content (AvgIpc) is 3.20. The third kappa shape index (κ3) is 11.5. The van der Waals surface area contributed by atoms with Gasteiger partial charge in [-0.3, -0.25) is 0 Å². The molecule has 1 fully saturated rings. The van der Waals surface area contributed by atoms with Gasteiger partial charge >= 0.3 is 0 Å². The minimum atomic E-state index is -1.01. The monoisotopic (exact) mass is 702 g/mol. The van der Waals surface area contributed by atoms with E-state index in [1.165, 1.54) is 0 Å². The van der Waals surface area contributed by atoms with E-state index in [4.69, 9.17) is 33.2 Å². The normalized spacial score (nSPS) is 20.1. The van der Waals surface area contributed by atoms with Crippen LogP contribution in [0.15, 0.2) is 152 Å². The maximum absolute atomic E-state index is 12.8. The second-order valence-electron chi connectivity index (χ2n) is 12.6. The topological polar surface area (TPSA) is 81.7 Å². The first-order valence-corrected chi connectivity index (χ1v) is 17.7. The van der Waals surface area contributed by atoms with Gasteiger partial charge < -0.3 is 38.0 Å². The van der Waals surface area contributed by atoms with E-state index >= 15 is 0 Å². The first-order valence-electron chi connectivity index (χ1n) is 17.7. The van der Waals surface area contributed by atoms with E-state index in [9.17, 15) is 4.79 Å². The molecule has 8 nitrogen and oxygen atoms in total. The molecule has 5 aromatic carbocycles. The van der Waals surface area contributed by atoms with E-state index < -0.39 is 36.8 Å². The highest BCUT2D eigenvalue weighted by Gasteiger charge is 2.49. The smallest absolute Gasteiger partial charge is 0.187 e. The molecule has 6 rings (SSSR count). The Kier molecular flexibility index (Phi) is 14.7. The van der Waals surface area contributed by atoms with Gasteiger partial charge in [0.25, 0.3) is 0 Å². The van der Waals surface area contributed by atoms with Gasteiger partial charge in [-0.1, -0.05) is 152 Å². The Morgan fingerprint density at radius 3 is 1.19 bits per heavy atom. The van der Waals surface area contributed by atoms with E-state index in [0.717, 1.165) is 34.1 Å². The van der Waals surface area contributed by atoms with Crippen LogP contribution < -0.4 is 0 Å². The lowest BCUT2D eigenvalue weighted by molar-refractivity contribution is -0.327. The SMILES string of the molecule is O=C[C@H]1O[C@@H](OC(COCc2ccccc2)COCc2ccccc2)[C@H](OCc2ccccc2)[C@@H](OCc2ccccc2)[C@H]1OCc1ccccc1. The van der Waals surface area contributed by atoms with Crippen molar-refractivity contribution in [3.8, 4) is 0 Å². The highest BCUT2D eigenvalue weighted by atomic mass is 16.7. The summed E-state index contributed by atoms with van der Waals surface area (Å²) in [6.45, 7) is 2.00. The van der Waals surface area contributed by atoms with Gasteiger partial charge in [0.15, 0.2) is 12.6 Å². The third-order valence-corrected chi connectivity index (χ3v) is 8.68. The molecule has 0 amide bonds. The molecule has 5 atom stereocenters. The van der Waals surface area contributed by atoms with E-state index in [1.807, 2.05) is 152 Å². The van der Waals surface area contributed by atoms with Gasteiger partial charge in [0, 0.05) is 0 Å². The Morgan fingerprint density at radius 1 is 0.462 bits per heavy atom. The Bertz CT molecular complexity index is 1650. The van der Waals surface area contributed by atoms with Crippen LogP contribution in [-0.4, -0.2) is 56.3 Å². The average molecular weight is 703 g/mol. The number of rotatable bonds is 20. The molecule has 1 aliphatic heterocycles. The van der Waals surface area contributed by atoms with E-state index in [0.29, 0.717) is 13.2 Å². The summed E-state index contributed by atoms with van der Waals surface area (Å²) in [7, 11) is 0. The molecule has 5 aromatic rings. The van der Waals surface area contributed by atoms with Crippen molar-refractivity contribution >= 4 is 6.29 Å². The first kappa shape index (κ1) is 37.3. The first-order chi connectivity index (χ1) is 25.7. The molecule has 0 aromatic heterocycles. The summed E-state index contributed by atoms with van der Waals surface area (Å²) in [4.78, 5) is 12.8. The summed E-state index contributed by atoms with van der Waals surface area (Å²) >= 11 is 0. The lowest BCUT2D eigenvalue weighted by Gasteiger charge is -2.45. The molecule has 0 bridgehead atoms. The van der Waals surface area contributed by atoms with Crippen molar-refractivity contribution in [2.24, 2.45) is 0 Å². The Balaban J connectivity index is 1.26. The quantitative estimate of drug-likeness (QED) is 0.0773. The number of carbonyl (C=O) groups is 1. The van der Waals surface area contributed by atoms with Crippen molar-refractivity contribution in [3.05, 3.63) is 179 Å². The number of benzene rings is 5. The van der Waals surface area contributed by atoms with Crippen molar-refractivity contribution in [1.29, 1.82) is 0 Å². The number of hydrogen-bond acceptors (Lipinski definition) is 8. The summed E-state index contributed by atoms with van der Waals surface area (Å²) in [5.74, 6) is 0. The number of aldehydes is 1. The second-order valence-corrected chi connectivity index (χ2v) is 12.6. The molecule has 52 heavy (non-hydrogen) atoms. The van der Waals surface area contributed by atoms with Gasteiger partial charge in [0.1, 0.15) is 30.5 Å². The molecule has 0 N–H and O–H groups in total. The van der Waals surface area contributed by atoms with Crippen molar-refractivity contribution in [2.45, 2.75) is 69.8 Å². The summed E-state index contributed by atoms with van der Waals surface area (Å²) in [5, 5.41) is 0. The van der Waals surface area contributed by atoms with Gasteiger partial charge in [-0.15, -0.1) is 0 Å². The van der Waals surface area contributed by atoms with Crippen molar-refractivity contribution < 1.29 is 38.0 Å². The van der Waals surface area contributed by atoms with Crippen LogP contribution >= 0.6 is 0 Å². The zero-order chi connectivity index (χ0) is 35.6. The zero-order valence-corrected chi connectivity index (χ0v) is 29.2. The molecule has 0 radical (unpaired) electrons. The lowest BCUT2D eigenvalue weighted by Crippen LogP contribution is -2.62. The van der Waals surface area contributed by atoms with Crippen molar-refractivity contribution in [2.75, 3.05) is 13.2 Å². The summed E-state index contributed by atoms with van der Waals surface area (Å²) in [6, 6.07) is 49.5. The van der Waals surface area contributed by atoms with E-state index in [-0.39, 0.29) is 33.0 Å². The fraction of sp³-hybridized carbons (Fsp3) is 0.295. The third-order valence-electron chi connectivity index (χ3n) is 8.68. The second kappa shape index (κ2) is 20.5. The molecular weight excluding hydrogens is 656 g/mol. The van der Waals surface area contributed by atoms with Crippen LogP contribution in [0.25, 0.3) is 0 Å². The highest BCUT2D eigenvalue weighted by molar-refractivity contribution is 5.58. The van der Waals surface area contributed by atoms with Gasteiger partial charge in [-0.05, 0) is 27.8 Å². The standard InChI is InChI=1S/C44H46O8/c45-26-40-41(48-29-36-20-10-3-11-21-36)42(49-30-37-22-12-4-13-23-37)43(50-31-38-24-14-5-15-25-38)44(52-40)51-39(32-46-27-34-16-6-1-7-17-34)33-47-28-35-18-8-2-9-19-35/h1-26,39-44H,27-33H2/t40-,41+,42+,43-,44-/m1/s1. The van der Waals surface area contributed by atoms with Crippen LogP contribution in [-0.2, 0) is 71.0 Å². The Hall–Kier alpha value is -4.51. The molecule has 0 saturated carbocycles. The Morgan fingerprint density at radius 2 is 0.808 bits per heavy atom. The fourth-order valence-electron chi connectivity index (χ4n) is 5.99. The summed E-state index contributed by atoms with van der Waals surface area (Å²) in [6.07, 6.45) is -4.13. The molecule has 1 saturated heterocycles.